The number of nitrogen functional groups attached to an aromatic ring is 1. The molecule has 6 heteroatoms. The SMILES string of the molecule is CN(CCOc1cccc(N)c1[N+](=O)[O-])C1CC1. The number of benzene rings is 1. The van der Waals surface area contributed by atoms with Crippen molar-refractivity contribution in [2.45, 2.75) is 18.9 Å². The van der Waals surface area contributed by atoms with Crippen LogP contribution in [0.2, 0.25) is 0 Å². The third kappa shape index (κ3) is 2.89. The number of rotatable bonds is 6. The zero-order valence-corrected chi connectivity index (χ0v) is 10.3. The molecule has 0 radical (unpaired) electrons. The summed E-state index contributed by atoms with van der Waals surface area (Å²) in [7, 11) is 2.04. The molecule has 1 fully saturated rings. The van der Waals surface area contributed by atoms with Gasteiger partial charge in [-0.25, -0.2) is 0 Å². The summed E-state index contributed by atoms with van der Waals surface area (Å²) in [6.45, 7) is 1.19. The van der Waals surface area contributed by atoms with E-state index in [0.717, 1.165) is 6.54 Å². The summed E-state index contributed by atoms with van der Waals surface area (Å²) >= 11 is 0. The third-order valence-corrected chi connectivity index (χ3v) is 3.08. The average molecular weight is 251 g/mol. The molecule has 6 nitrogen and oxygen atoms in total. The highest BCUT2D eigenvalue weighted by Gasteiger charge is 2.26. The number of nitrogens with zero attached hydrogens (tertiary/aromatic N) is 2. The fraction of sp³-hybridized carbons (Fsp3) is 0.500. The van der Waals surface area contributed by atoms with Crippen LogP contribution < -0.4 is 10.5 Å². The van der Waals surface area contributed by atoms with Crippen LogP contribution in [0.25, 0.3) is 0 Å². The van der Waals surface area contributed by atoms with Crippen molar-refractivity contribution in [1.29, 1.82) is 0 Å². The van der Waals surface area contributed by atoms with Gasteiger partial charge in [0.25, 0.3) is 0 Å². The van der Waals surface area contributed by atoms with Gasteiger partial charge < -0.3 is 15.4 Å². The van der Waals surface area contributed by atoms with Crippen molar-refractivity contribution in [2.24, 2.45) is 0 Å². The molecule has 1 aromatic rings. The summed E-state index contributed by atoms with van der Waals surface area (Å²) < 4.78 is 5.46. The van der Waals surface area contributed by atoms with Gasteiger partial charge in [0.15, 0.2) is 5.75 Å². The Hall–Kier alpha value is -1.82. The molecule has 1 aromatic carbocycles. The quantitative estimate of drug-likeness (QED) is 0.472. The highest BCUT2D eigenvalue weighted by Crippen LogP contribution is 2.32. The topological polar surface area (TPSA) is 81.6 Å². The number of nitrogens with two attached hydrogens (primary N) is 1. The Morgan fingerprint density at radius 1 is 1.56 bits per heavy atom. The Morgan fingerprint density at radius 3 is 2.89 bits per heavy atom. The molecule has 0 bridgehead atoms. The minimum atomic E-state index is -0.505. The fourth-order valence-electron chi connectivity index (χ4n) is 1.85. The first-order valence-electron chi connectivity index (χ1n) is 5.95. The lowest BCUT2D eigenvalue weighted by molar-refractivity contribution is -0.384. The lowest BCUT2D eigenvalue weighted by Crippen LogP contribution is -2.26. The normalized spacial score (nSPS) is 14.8. The lowest BCUT2D eigenvalue weighted by Gasteiger charge is -2.15. The van der Waals surface area contributed by atoms with Crippen molar-refractivity contribution in [3.63, 3.8) is 0 Å². The molecule has 0 spiro atoms. The van der Waals surface area contributed by atoms with Gasteiger partial charge in [-0.15, -0.1) is 0 Å². The van der Waals surface area contributed by atoms with E-state index < -0.39 is 4.92 Å². The number of para-hydroxylation sites is 1. The minimum Gasteiger partial charge on any atom is -0.485 e. The lowest BCUT2D eigenvalue weighted by atomic mass is 10.2. The molecule has 0 heterocycles. The van der Waals surface area contributed by atoms with Gasteiger partial charge in [0.1, 0.15) is 12.3 Å². The first kappa shape index (κ1) is 12.6. The summed E-state index contributed by atoms with van der Waals surface area (Å²) in [6, 6.07) is 5.39. The summed E-state index contributed by atoms with van der Waals surface area (Å²) in [4.78, 5) is 12.6. The average Bonchev–Trinajstić information content (AvgIpc) is 3.12. The van der Waals surface area contributed by atoms with Crippen LogP contribution in [-0.2, 0) is 0 Å². The molecule has 2 N–H and O–H groups in total. The van der Waals surface area contributed by atoms with Crippen LogP contribution in [0, 0.1) is 10.1 Å². The summed E-state index contributed by atoms with van der Waals surface area (Å²) in [5, 5.41) is 10.9. The second-order valence-electron chi connectivity index (χ2n) is 4.51. The van der Waals surface area contributed by atoms with Gasteiger partial charge >= 0.3 is 5.69 Å². The highest BCUT2D eigenvalue weighted by atomic mass is 16.6. The van der Waals surface area contributed by atoms with Crippen LogP contribution in [-0.4, -0.2) is 36.1 Å². The Bertz CT molecular complexity index is 446. The number of hydrogen-bond acceptors (Lipinski definition) is 5. The number of ether oxygens (including phenoxy) is 1. The second-order valence-corrected chi connectivity index (χ2v) is 4.51. The smallest absolute Gasteiger partial charge is 0.333 e. The molecule has 0 aromatic heterocycles. The van der Waals surface area contributed by atoms with Crippen LogP contribution in [0.1, 0.15) is 12.8 Å². The van der Waals surface area contributed by atoms with E-state index in [2.05, 4.69) is 4.90 Å². The van der Waals surface area contributed by atoms with Gasteiger partial charge in [0, 0.05) is 12.6 Å². The third-order valence-electron chi connectivity index (χ3n) is 3.08. The Kier molecular flexibility index (Phi) is 3.66. The van der Waals surface area contributed by atoms with Gasteiger partial charge in [-0.3, -0.25) is 10.1 Å². The largest absolute Gasteiger partial charge is 0.485 e. The zero-order chi connectivity index (χ0) is 13.1. The molecule has 2 rings (SSSR count). The molecule has 0 saturated heterocycles. The van der Waals surface area contributed by atoms with Crippen molar-refractivity contribution in [1.82, 2.24) is 4.90 Å². The minimum absolute atomic E-state index is 0.132. The fourth-order valence-corrected chi connectivity index (χ4v) is 1.85. The predicted octanol–water partition coefficient (Wildman–Crippen LogP) is 1.65. The summed E-state index contributed by atoms with van der Waals surface area (Å²) in [5.41, 5.74) is 5.57. The van der Waals surface area contributed by atoms with E-state index in [0.29, 0.717) is 12.6 Å². The predicted molar refractivity (Wildman–Crippen MR) is 68.7 cm³/mol. The molecule has 0 aliphatic heterocycles. The molecular formula is C12H17N3O3. The second kappa shape index (κ2) is 5.22. The van der Waals surface area contributed by atoms with Crippen molar-refractivity contribution in [3.8, 4) is 5.75 Å². The maximum Gasteiger partial charge on any atom is 0.333 e. The van der Waals surface area contributed by atoms with Crippen LogP contribution in [0.3, 0.4) is 0 Å². The number of nitro benzene ring substituents is 1. The van der Waals surface area contributed by atoms with Gasteiger partial charge in [0.2, 0.25) is 0 Å². The van der Waals surface area contributed by atoms with Gasteiger partial charge in [-0.05, 0) is 32.0 Å². The number of likely N-dealkylation sites (N-methyl/N-ethyl adjacent to an activating group) is 1. The standard InChI is InChI=1S/C12H17N3O3/c1-14(9-5-6-9)7-8-18-11-4-2-3-10(13)12(11)15(16)17/h2-4,9H,5-8,13H2,1H3. The van der Waals surface area contributed by atoms with Crippen molar-refractivity contribution >= 4 is 11.4 Å². The molecule has 98 valence electrons. The van der Waals surface area contributed by atoms with Crippen molar-refractivity contribution < 1.29 is 9.66 Å². The molecule has 0 unspecified atom stereocenters. The van der Waals surface area contributed by atoms with Gasteiger partial charge in [-0.2, -0.15) is 0 Å². The van der Waals surface area contributed by atoms with Gasteiger partial charge in [-0.1, -0.05) is 6.07 Å². The first-order valence-corrected chi connectivity index (χ1v) is 5.95. The monoisotopic (exact) mass is 251 g/mol. The van der Waals surface area contributed by atoms with E-state index >= 15 is 0 Å². The van der Waals surface area contributed by atoms with Gasteiger partial charge in [0.05, 0.1) is 4.92 Å². The van der Waals surface area contributed by atoms with Crippen molar-refractivity contribution in [2.75, 3.05) is 25.9 Å². The van der Waals surface area contributed by atoms with E-state index in [1.807, 2.05) is 7.05 Å². The van der Waals surface area contributed by atoms with E-state index in [1.54, 1.807) is 12.1 Å². The molecule has 18 heavy (non-hydrogen) atoms. The van der Waals surface area contributed by atoms with Crippen LogP contribution in [0.4, 0.5) is 11.4 Å². The maximum atomic E-state index is 10.9. The molecule has 0 atom stereocenters. The summed E-state index contributed by atoms with van der Waals surface area (Å²) in [5.74, 6) is 0.240. The van der Waals surface area contributed by atoms with Crippen LogP contribution in [0.15, 0.2) is 18.2 Å². The molecule has 1 saturated carbocycles. The molecular weight excluding hydrogens is 234 g/mol. The van der Waals surface area contributed by atoms with Crippen LogP contribution in [0.5, 0.6) is 5.75 Å². The Balaban J connectivity index is 1.95. The maximum absolute atomic E-state index is 10.9. The summed E-state index contributed by atoms with van der Waals surface area (Å²) in [6.07, 6.45) is 2.46. The van der Waals surface area contributed by atoms with Crippen molar-refractivity contribution in [3.05, 3.63) is 28.3 Å². The molecule has 1 aliphatic carbocycles. The Morgan fingerprint density at radius 2 is 2.28 bits per heavy atom. The number of nitro groups is 1. The molecule has 0 amide bonds. The van der Waals surface area contributed by atoms with E-state index in [9.17, 15) is 10.1 Å². The number of hydrogen-bond donors (Lipinski definition) is 1. The van der Waals surface area contributed by atoms with E-state index in [-0.39, 0.29) is 17.1 Å². The zero-order valence-electron chi connectivity index (χ0n) is 10.3. The molecule has 1 aliphatic rings. The van der Waals surface area contributed by atoms with Crippen LogP contribution >= 0.6 is 0 Å². The Labute approximate surface area is 105 Å². The first-order chi connectivity index (χ1) is 8.59. The van der Waals surface area contributed by atoms with E-state index in [1.165, 1.54) is 18.9 Å². The number of anilines is 1. The van der Waals surface area contributed by atoms with E-state index in [4.69, 9.17) is 10.5 Å². The highest BCUT2D eigenvalue weighted by molar-refractivity contribution is 5.65.